The molecule has 0 aromatic heterocycles. The van der Waals surface area contributed by atoms with Gasteiger partial charge >= 0.3 is 0 Å². The zero-order valence-corrected chi connectivity index (χ0v) is 12.8. The smallest absolute Gasteiger partial charge is 0.234 e. The Morgan fingerprint density at radius 1 is 1.61 bits per heavy atom. The minimum Gasteiger partial charge on any atom is -0.368 e. The average molecular weight is 285 g/mol. The van der Waals surface area contributed by atoms with E-state index in [4.69, 9.17) is 23.4 Å². The molecule has 100 valence electrons. The summed E-state index contributed by atoms with van der Waals surface area (Å²) in [5, 5.41) is 0. The van der Waals surface area contributed by atoms with Crippen LogP contribution in [-0.2, 0) is 9.53 Å². The molecule has 1 aliphatic rings. The molecule has 0 N–H and O–H groups in total. The molecule has 1 saturated heterocycles. The summed E-state index contributed by atoms with van der Waals surface area (Å²) >= 11 is 6.83. The normalized spacial score (nSPS) is 23.0. The van der Waals surface area contributed by atoms with Gasteiger partial charge in [-0.1, -0.05) is 50.7 Å². The zero-order valence-electron chi connectivity index (χ0n) is 11.2. The average Bonchev–Trinajstić information content (AvgIpc) is 2.71. The van der Waals surface area contributed by atoms with E-state index in [2.05, 4.69) is 19.8 Å². The summed E-state index contributed by atoms with van der Waals surface area (Å²) in [6.45, 7) is 5.98. The third-order valence-corrected chi connectivity index (χ3v) is 4.68. The van der Waals surface area contributed by atoms with Crippen LogP contribution in [0.25, 0.3) is 0 Å². The number of carbonyl (C=O) groups is 1. The lowest BCUT2D eigenvalue weighted by Gasteiger charge is -2.30. The molecule has 0 saturated carbocycles. The summed E-state index contributed by atoms with van der Waals surface area (Å²) in [6.07, 6.45) is 4.86. The molecule has 0 radical (unpaired) electrons. The highest BCUT2D eigenvalue weighted by molar-refractivity contribution is 8.23. The molecule has 0 aromatic rings. The third kappa shape index (κ3) is 3.05. The molecule has 0 spiro atoms. The Morgan fingerprint density at radius 3 is 2.67 bits per heavy atom. The lowest BCUT2D eigenvalue weighted by Crippen LogP contribution is -2.46. The second-order valence-electron chi connectivity index (χ2n) is 4.71. The first-order valence-electron chi connectivity index (χ1n) is 5.92. The van der Waals surface area contributed by atoms with Crippen LogP contribution in [0.2, 0.25) is 0 Å². The van der Waals surface area contributed by atoms with Crippen molar-refractivity contribution in [1.82, 2.24) is 4.90 Å². The van der Waals surface area contributed by atoms with E-state index in [0.29, 0.717) is 10.2 Å². The van der Waals surface area contributed by atoms with E-state index >= 15 is 0 Å². The molecule has 0 aliphatic carbocycles. The van der Waals surface area contributed by atoms with E-state index in [1.165, 1.54) is 7.11 Å². The Bertz CT molecular complexity index is 376. The largest absolute Gasteiger partial charge is 0.368 e. The van der Waals surface area contributed by atoms with Crippen LogP contribution >= 0.6 is 24.0 Å². The molecule has 0 bridgehead atoms. The summed E-state index contributed by atoms with van der Waals surface area (Å²) in [4.78, 5) is 14.2. The van der Waals surface area contributed by atoms with Gasteiger partial charge in [0.25, 0.3) is 0 Å². The van der Waals surface area contributed by atoms with Crippen LogP contribution < -0.4 is 0 Å². The predicted octanol–water partition coefficient (Wildman–Crippen LogP) is 2.16. The fourth-order valence-corrected chi connectivity index (χ4v) is 3.59. The maximum Gasteiger partial charge on any atom is 0.234 e. The molecule has 5 heteroatoms. The molecule has 1 heterocycles. The van der Waals surface area contributed by atoms with Gasteiger partial charge in [-0.25, -0.2) is 0 Å². The number of rotatable bonds is 4. The molecule has 0 unspecified atom stereocenters. The molecule has 3 atom stereocenters. The van der Waals surface area contributed by atoms with Crippen molar-refractivity contribution in [2.24, 2.45) is 11.8 Å². The van der Waals surface area contributed by atoms with Gasteiger partial charge in [0.2, 0.25) is 5.91 Å². The summed E-state index contributed by atoms with van der Waals surface area (Å²) in [5.41, 5.74) is 0. The van der Waals surface area contributed by atoms with Gasteiger partial charge in [0.05, 0.1) is 5.92 Å². The van der Waals surface area contributed by atoms with Gasteiger partial charge in [-0.05, 0) is 5.92 Å². The lowest BCUT2D eigenvalue weighted by atomic mass is 10.00. The molecule has 3 nitrogen and oxygen atoms in total. The number of thioether (sulfide) groups is 1. The van der Waals surface area contributed by atoms with Gasteiger partial charge in [0.1, 0.15) is 10.4 Å². The molecule has 1 amide bonds. The first kappa shape index (κ1) is 15.5. The van der Waals surface area contributed by atoms with Crippen LogP contribution in [0.3, 0.4) is 0 Å². The number of methoxy groups -OCH3 is 1. The molecule has 18 heavy (non-hydrogen) atoms. The van der Waals surface area contributed by atoms with Crippen molar-refractivity contribution >= 4 is 34.2 Å². The highest BCUT2D eigenvalue weighted by atomic mass is 32.2. The van der Waals surface area contributed by atoms with Gasteiger partial charge in [0.15, 0.2) is 0 Å². The highest BCUT2D eigenvalue weighted by Gasteiger charge is 2.39. The van der Waals surface area contributed by atoms with Crippen LogP contribution in [-0.4, -0.2) is 40.1 Å². The number of terminal acetylenes is 1. The maximum atomic E-state index is 12.5. The SMILES string of the molecule is C#C[C@@H](OC)[C@@H](C)C(=O)N1C(=S)SC[C@@H]1C(C)C. The third-order valence-electron chi connectivity index (χ3n) is 3.17. The lowest BCUT2D eigenvalue weighted by molar-refractivity contribution is -0.135. The predicted molar refractivity (Wildman–Crippen MR) is 79.3 cm³/mol. The fourth-order valence-electron chi connectivity index (χ4n) is 1.95. The maximum absolute atomic E-state index is 12.5. The quantitative estimate of drug-likeness (QED) is 0.585. The molecule has 1 aliphatic heterocycles. The molecular weight excluding hydrogens is 266 g/mol. The highest BCUT2D eigenvalue weighted by Crippen LogP contribution is 2.30. The number of hydrogen-bond acceptors (Lipinski definition) is 4. The van der Waals surface area contributed by atoms with E-state index in [9.17, 15) is 4.79 Å². The summed E-state index contributed by atoms with van der Waals surface area (Å²) in [7, 11) is 1.52. The van der Waals surface area contributed by atoms with Gasteiger partial charge in [-0.3, -0.25) is 9.69 Å². The van der Waals surface area contributed by atoms with Crippen molar-refractivity contribution in [3.8, 4) is 12.3 Å². The van der Waals surface area contributed by atoms with Crippen LogP contribution in [0, 0.1) is 24.2 Å². The number of carbonyl (C=O) groups excluding carboxylic acids is 1. The minimum atomic E-state index is -0.501. The zero-order chi connectivity index (χ0) is 13.9. The molecule has 1 rings (SSSR count). The van der Waals surface area contributed by atoms with Crippen LogP contribution in [0.1, 0.15) is 20.8 Å². The monoisotopic (exact) mass is 285 g/mol. The second-order valence-corrected chi connectivity index (χ2v) is 6.36. The Hall–Kier alpha value is -0.570. The molecule has 1 fully saturated rings. The minimum absolute atomic E-state index is 0.0338. The van der Waals surface area contributed by atoms with E-state index < -0.39 is 6.10 Å². The van der Waals surface area contributed by atoms with Gasteiger partial charge in [0, 0.05) is 18.9 Å². The number of hydrogen-bond donors (Lipinski definition) is 0. The van der Waals surface area contributed by atoms with Crippen molar-refractivity contribution in [1.29, 1.82) is 0 Å². The van der Waals surface area contributed by atoms with Crippen molar-refractivity contribution < 1.29 is 9.53 Å². The van der Waals surface area contributed by atoms with E-state index in [1.807, 2.05) is 0 Å². The number of ether oxygens (including phenoxy) is 1. The summed E-state index contributed by atoms with van der Waals surface area (Å²) in [6, 6.07) is 0.160. The Labute approximate surface area is 119 Å². The van der Waals surface area contributed by atoms with Crippen molar-refractivity contribution in [3.63, 3.8) is 0 Å². The van der Waals surface area contributed by atoms with E-state index in [0.717, 1.165) is 5.75 Å². The molecular formula is C13H19NO2S2. The van der Waals surface area contributed by atoms with Gasteiger partial charge < -0.3 is 4.74 Å². The Balaban J connectivity index is 2.88. The van der Waals surface area contributed by atoms with Crippen LogP contribution in [0.4, 0.5) is 0 Å². The van der Waals surface area contributed by atoms with Crippen LogP contribution in [0.15, 0.2) is 0 Å². The van der Waals surface area contributed by atoms with Crippen LogP contribution in [0.5, 0.6) is 0 Å². The standard InChI is InChI=1S/C13H19NO2S2/c1-6-11(16-5)9(4)12(15)14-10(8(2)3)7-18-13(14)17/h1,8-11H,7H2,2-5H3/t9-,10-,11-/m1/s1. The van der Waals surface area contributed by atoms with Crippen molar-refractivity contribution in [3.05, 3.63) is 0 Å². The number of thiocarbonyl (C=S) groups is 1. The topological polar surface area (TPSA) is 29.5 Å². The van der Waals surface area contributed by atoms with E-state index in [-0.39, 0.29) is 17.9 Å². The Morgan fingerprint density at radius 2 is 2.22 bits per heavy atom. The number of nitrogens with zero attached hydrogens (tertiary/aromatic N) is 1. The second kappa shape index (κ2) is 6.55. The van der Waals surface area contributed by atoms with Gasteiger partial charge in [-0.15, -0.1) is 6.42 Å². The van der Waals surface area contributed by atoms with Crippen molar-refractivity contribution in [2.75, 3.05) is 12.9 Å². The van der Waals surface area contributed by atoms with Crippen molar-refractivity contribution in [2.45, 2.75) is 32.9 Å². The number of amides is 1. The van der Waals surface area contributed by atoms with E-state index in [1.54, 1.807) is 23.6 Å². The Kier molecular flexibility index (Phi) is 5.64. The first-order valence-corrected chi connectivity index (χ1v) is 7.32. The van der Waals surface area contributed by atoms with Gasteiger partial charge in [-0.2, -0.15) is 0 Å². The molecule has 0 aromatic carbocycles. The fraction of sp³-hybridized carbons (Fsp3) is 0.692. The summed E-state index contributed by atoms with van der Waals surface area (Å²) < 4.78 is 5.79. The first-order chi connectivity index (χ1) is 8.43. The summed E-state index contributed by atoms with van der Waals surface area (Å²) in [5.74, 6) is 3.32.